The number of amides is 1. The third kappa shape index (κ3) is 4.06. The van der Waals surface area contributed by atoms with Crippen LogP contribution in [-0.2, 0) is 14.8 Å². The summed E-state index contributed by atoms with van der Waals surface area (Å²) in [7, 11) is -2.39. The lowest BCUT2D eigenvalue weighted by molar-refractivity contribution is -0.122. The van der Waals surface area contributed by atoms with Crippen LogP contribution in [0.1, 0.15) is 5.56 Å². The van der Waals surface area contributed by atoms with E-state index in [2.05, 4.69) is 5.32 Å². The normalized spacial score (nSPS) is 15.5. The number of rotatable bonds is 5. The highest BCUT2D eigenvalue weighted by Gasteiger charge is 2.37. The van der Waals surface area contributed by atoms with Gasteiger partial charge in [0.15, 0.2) is 6.10 Å². The average Bonchev–Trinajstić information content (AvgIpc) is 2.79. The summed E-state index contributed by atoms with van der Waals surface area (Å²) in [5.74, 6) is 0.351. The highest BCUT2D eigenvalue weighted by atomic mass is 32.2. The van der Waals surface area contributed by atoms with Crippen molar-refractivity contribution in [3.05, 3.63) is 78.4 Å². The molecule has 0 saturated carbocycles. The molecule has 0 saturated heterocycles. The number of methoxy groups -OCH3 is 1. The van der Waals surface area contributed by atoms with Crippen LogP contribution in [0.2, 0.25) is 0 Å². The van der Waals surface area contributed by atoms with Crippen molar-refractivity contribution in [1.29, 1.82) is 0 Å². The fourth-order valence-electron chi connectivity index (χ4n) is 3.36. The second-order valence-corrected chi connectivity index (χ2v) is 8.98. The molecule has 1 atom stereocenters. The predicted molar refractivity (Wildman–Crippen MR) is 118 cm³/mol. The van der Waals surface area contributed by atoms with Crippen LogP contribution in [0.3, 0.4) is 0 Å². The van der Waals surface area contributed by atoms with Crippen LogP contribution < -0.4 is 19.1 Å². The molecule has 3 aromatic rings. The van der Waals surface area contributed by atoms with Gasteiger partial charge in [-0.1, -0.05) is 42.0 Å². The number of para-hydroxylation sites is 4. The minimum atomic E-state index is -3.90. The number of anilines is 2. The molecule has 4 rings (SSSR count). The zero-order chi connectivity index (χ0) is 22.0. The van der Waals surface area contributed by atoms with Crippen LogP contribution in [-0.4, -0.2) is 34.1 Å². The topological polar surface area (TPSA) is 84.9 Å². The molecule has 0 aliphatic carbocycles. The van der Waals surface area contributed by atoms with Gasteiger partial charge >= 0.3 is 0 Å². The van der Waals surface area contributed by atoms with Crippen LogP contribution in [0.25, 0.3) is 0 Å². The largest absolute Gasteiger partial charge is 0.495 e. The lowest BCUT2D eigenvalue weighted by atomic mass is 10.2. The van der Waals surface area contributed by atoms with Gasteiger partial charge in [0.05, 0.1) is 29.9 Å². The Labute approximate surface area is 181 Å². The van der Waals surface area contributed by atoms with Gasteiger partial charge in [-0.05, 0) is 43.3 Å². The maximum Gasteiger partial charge on any atom is 0.267 e. The van der Waals surface area contributed by atoms with Crippen LogP contribution in [0, 0.1) is 6.92 Å². The van der Waals surface area contributed by atoms with E-state index in [1.807, 2.05) is 6.92 Å². The first-order valence-corrected chi connectivity index (χ1v) is 11.1. The van der Waals surface area contributed by atoms with Gasteiger partial charge in [-0.2, -0.15) is 0 Å². The third-order valence-corrected chi connectivity index (χ3v) is 6.80. The summed E-state index contributed by atoms with van der Waals surface area (Å²) in [5, 5.41) is 2.77. The molecule has 0 fully saturated rings. The Morgan fingerprint density at radius 2 is 1.71 bits per heavy atom. The van der Waals surface area contributed by atoms with E-state index in [1.54, 1.807) is 72.8 Å². The molecule has 0 bridgehead atoms. The van der Waals surface area contributed by atoms with Gasteiger partial charge in [-0.15, -0.1) is 0 Å². The lowest BCUT2D eigenvalue weighted by Crippen LogP contribution is -2.48. The van der Waals surface area contributed by atoms with Crippen molar-refractivity contribution in [2.45, 2.75) is 17.9 Å². The first-order chi connectivity index (χ1) is 14.9. The Hall–Kier alpha value is -3.52. The van der Waals surface area contributed by atoms with Crippen molar-refractivity contribution in [2.24, 2.45) is 0 Å². The lowest BCUT2D eigenvalue weighted by Gasteiger charge is -2.34. The van der Waals surface area contributed by atoms with Crippen molar-refractivity contribution < 1.29 is 22.7 Å². The van der Waals surface area contributed by atoms with E-state index in [0.717, 1.165) is 5.56 Å². The zero-order valence-corrected chi connectivity index (χ0v) is 17.9. The maximum atomic E-state index is 13.4. The predicted octanol–water partition coefficient (Wildman–Crippen LogP) is 3.60. The van der Waals surface area contributed by atoms with Crippen LogP contribution >= 0.6 is 0 Å². The summed E-state index contributed by atoms with van der Waals surface area (Å²) in [4.78, 5) is 13.1. The smallest absolute Gasteiger partial charge is 0.267 e. The van der Waals surface area contributed by atoms with E-state index < -0.39 is 22.0 Å². The van der Waals surface area contributed by atoms with Crippen molar-refractivity contribution in [3.63, 3.8) is 0 Å². The molecule has 0 radical (unpaired) electrons. The van der Waals surface area contributed by atoms with Crippen molar-refractivity contribution >= 4 is 27.3 Å². The standard InChI is InChI=1S/C23H22N2O5S/c1-16-11-13-17(14-12-16)31(27,28)25-15-22(30-21-10-6-4-8-19(21)25)23(26)24-18-7-3-5-9-20(18)29-2/h3-14,22H,15H2,1-2H3,(H,24,26)/t22-/m0/s1. The van der Waals surface area contributed by atoms with Crippen molar-refractivity contribution in [1.82, 2.24) is 0 Å². The SMILES string of the molecule is COc1ccccc1NC(=O)[C@@H]1CN(S(=O)(=O)c2ccc(C)cc2)c2ccccc2O1. The number of nitrogens with zero attached hydrogens (tertiary/aromatic N) is 1. The number of fused-ring (bicyclic) bond motifs is 1. The number of hydrogen-bond acceptors (Lipinski definition) is 5. The fourth-order valence-corrected chi connectivity index (χ4v) is 4.84. The van der Waals surface area contributed by atoms with Crippen LogP contribution in [0.5, 0.6) is 11.5 Å². The Morgan fingerprint density at radius 3 is 2.45 bits per heavy atom. The van der Waals surface area contributed by atoms with Crippen molar-refractivity contribution in [2.75, 3.05) is 23.3 Å². The second-order valence-electron chi connectivity index (χ2n) is 7.11. The minimum Gasteiger partial charge on any atom is -0.495 e. The number of carbonyl (C=O) groups is 1. The summed E-state index contributed by atoms with van der Waals surface area (Å²) < 4.78 is 39.2. The van der Waals surface area contributed by atoms with Gasteiger partial charge in [0.1, 0.15) is 11.5 Å². The van der Waals surface area contributed by atoms with Crippen LogP contribution in [0.4, 0.5) is 11.4 Å². The number of ether oxygens (including phenoxy) is 2. The van der Waals surface area contributed by atoms with Gasteiger partial charge in [-0.3, -0.25) is 9.10 Å². The highest BCUT2D eigenvalue weighted by molar-refractivity contribution is 7.92. The first-order valence-electron chi connectivity index (χ1n) is 9.69. The Morgan fingerprint density at radius 1 is 1.03 bits per heavy atom. The quantitative estimate of drug-likeness (QED) is 0.658. The molecule has 1 heterocycles. The Kier molecular flexibility index (Phi) is 5.56. The van der Waals surface area contributed by atoms with Gasteiger partial charge in [0, 0.05) is 0 Å². The zero-order valence-electron chi connectivity index (χ0n) is 17.1. The molecule has 0 spiro atoms. The average molecular weight is 439 g/mol. The summed E-state index contributed by atoms with van der Waals surface area (Å²) in [5.41, 5.74) is 1.82. The van der Waals surface area contributed by atoms with Crippen LogP contribution in [0.15, 0.2) is 77.7 Å². The third-order valence-electron chi connectivity index (χ3n) is 5.00. The van der Waals surface area contributed by atoms with E-state index in [0.29, 0.717) is 22.9 Å². The molecule has 31 heavy (non-hydrogen) atoms. The number of hydrogen-bond donors (Lipinski definition) is 1. The number of benzene rings is 3. The second kappa shape index (κ2) is 8.31. The Balaban J connectivity index is 1.67. The minimum absolute atomic E-state index is 0.152. The van der Waals surface area contributed by atoms with Crippen molar-refractivity contribution in [3.8, 4) is 11.5 Å². The van der Waals surface area contributed by atoms with E-state index in [-0.39, 0.29) is 11.4 Å². The number of nitrogens with one attached hydrogen (secondary N) is 1. The van der Waals surface area contributed by atoms with E-state index in [9.17, 15) is 13.2 Å². The monoisotopic (exact) mass is 438 g/mol. The fraction of sp³-hybridized carbons (Fsp3) is 0.174. The number of carbonyl (C=O) groups excluding carboxylic acids is 1. The molecule has 1 amide bonds. The molecule has 0 unspecified atom stereocenters. The summed E-state index contributed by atoms with van der Waals surface area (Å²) in [6.07, 6.45) is -1.04. The molecule has 1 aliphatic heterocycles. The van der Waals surface area contributed by atoms with E-state index in [4.69, 9.17) is 9.47 Å². The molecule has 1 aliphatic rings. The summed E-state index contributed by atoms with van der Waals surface area (Å²) in [6, 6.07) is 20.4. The first kappa shape index (κ1) is 20.7. The summed E-state index contributed by atoms with van der Waals surface area (Å²) >= 11 is 0. The van der Waals surface area contributed by atoms with Gasteiger partial charge in [0.2, 0.25) is 0 Å². The molecular formula is C23H22N2O5S. The number of sulfonamides is 1. The molecule has 160 valence electrons. The number of aryl methyl sites for hydroxylation is 1. The van der Waals surface area contributed by atoms with Gasteiger partial charge < -0.3 is 14.8 Å². The molecule has 8 heteroatoms. The van der Waals surface area contributed by atoms with E-state index in [1.165, 1.54) is 11.4 Å². The molecule has 0 aromatic heterocycles. The molecule has 1 N–H and O–H groups in total. The van der Waals surface area contributed by atoms with Gasteiger partial charge in [-0.25, -0.2) is 8.42 Å². The molecular weight excluding hydrogens is 416 g/mol. The van der Waals surface area contributed by atoms with E-state index >= 15 is 0 Å². The Bertz CT molecular complexity index is 1210. The molecule has 7 nitrogen and oxygen atoms in total. The maximum absolute atomic E-state index is 13.4. The highest BCUT2D eigenvalue weighted by Crippen LogP contribution is 2.37. The van der Waals surface area contributed by atoms with Gasteiger partial charge in [0.25, 0.3) is 15.9 Å². The summed E-state index contributed by atoms with van der Waals surface area (Å²) in [6.45, 7) is 1.73. The molecule has 3 aromatic carbocycles.